The first-order chi connectivity index (χ1) is 10.8. The summed E-state index contributed by atoms with van der Waals surface area (Å²) in [5.41, 5.74) is 0. The van der Waals surface area contributed by atoms with Crippen LogP contribution in [-0.2, 0) is 4.79 Å². The molecule has 4 heteroatoms. The molecule has 4 nitrogen and oxygen atoms in total. The summed E-state index contributed by atoms with van der Waals surface area (Å²) in [5.74, 6) is 1.15. The van der Waals surface area contributed by atoms with E-state index < -0.39 is 0 Å². The summed E-state index contributed by atoms with van der Waals surface area (Å²) in [6.45, 7) is 9.61. The third-order valence-electron chi connectivity index (χ3n) is 5.90. The summed E-state index contributed by atoms with van der Waals surface area (Å²) in [6.07, 6.45) is 9.21. The van der Waals surface area contributed by atoms with Gasteiger partial charge in [-0.3, -0.25) is 9.69 Å². The molecule has 3 aliphatic rings. The first kappa shape index (κ1) is 16.3. The highest BCUT2D eigenvalue weighted by Crippen LogP contribution is 2.31. The number of nitrogens with zero attached hydrogens (tertiary/aromatic N) is 3. The molecule has 0 aliphatic carbocycles. The van der Waals surface area contributed by atoms with Gasteiger partial charge in [0, 0.05) is 32.2 Å². The number of piperidine rings is 2. The minimum Gasteiger partial charge on any atom is -0.340 e. The van der Waals surface area contributed by atoms with Crippen LogP contribution in [0.2, 0.25) is 0 Å². The molecular formula is C18H33N3O. The van der Waals surface area contributed by atoms with Crippen LogP contribution in [-0.4, -0.2) is 72.5 Å². The fourth-order valence-electron chi connectivity index (χ4n) is 4.62. The lowest BCUT2D eigenvalue weighted by Gasteiger charge is -2.46. The zero-order chi connectivity index (χ0) is 15.4. The van der Waals surface area contributed by atoms with E-state index in [9.17, 15) is 4.79 Å². The van der Waals surface area contributed by atoms with Crippen LogP contribution in [0, 0.1) is 5.92 Å². The van der Waals surface area contributed by atoms with Crippen molar-refractivity contribution in [3.8, 4) is 0 Å². The van der Waals surface area contributed by atoms with Gasteiger partial charge < -0.3 is 9.80 Å². The maximum atomic E-state index is 12.3. The van der Waals surface area contributed by atoms with Crippen molar-refractivity contribution in [3.63, 3.8) is 0 Å². The van der Waals surface area contributed by atoms with E-state index in [0.717, 1.165) is 44.6 Å². The number of hydrogen-bond donors (Lipinski definition) is 0. The first-order valence-corrected chi connectivity index (χ1v) is 9.52. The van der Waals surface area contributed by atoms with E-state index in [1.54, 1.807) is 0 Å². The lowest BCUT2D eigenvalue weighted by molar-refractivity contribution is -0.136. The van der Waals surface area contributed by atoms with Crippen LogP contribution >= 0.6 is 0 Å². The van der Waals surface area contributed by atoms with Crippen molar-refractivity contribution in [1.29, 1.82) is 0 Å². The Hall–Kier alpha value is -0.610. The number of hydrogen-bond acceptors (Lipinski definition) is 3. The van der Waals surface area contributed by atoms with Crippen molar-refractivity contribution < 1.29 is 4.79 Å². The number of piperazine rings is 1. The van der Waals surface area contributed by atoms with Crippen LogP contribution in [0.3, 0.4) is 0 Å². The lowest BCUT2D eigenvalue weighted by atomic mass is 9.83. The summed E-state index contributed by atoms with van der Waals surface area (Å²) >= 11 is 0. The van der Waals surface area contributed by atoms with Gasteiger partial charge in [0.15, 0.2) is 0 Å². The quantitative estimate of drug-likeness (QED) is 0.779. The smallest absolute Gasteiger partial charge is 0.236 e. The Kier molecular flexibility index (Phi) is 5.75. The largest absolute Gasteiger partial charge is 0.340 e. The van der Waals surface area contributed by atoms with E-state index in [1.165, 1.54) is 51.6 Å². The Balaban J connectivity index is 1.50. The van der Waals surface area contributed by atoms with E-state index >= 15 is 0 Å². The second-order valence-corrected chi connectivity index (χ2v) is 7.47. The SMILES string of the molecule is CCCCN1CCN(C[C@@H]2CCCN3CCCC[C@H]23)CC1=O. The molecule has 3 saturated heterocycles. The van der Waals surface area contributed by atoms with Gasteiger partial charge in [-0.25, -0.2) is 0 Å². The molecular weight excluding hydrogens is 274 g/mol. The average Bonchev–Trinajstić information content (AvgIpc) is 2.54. The molecule has 3 fully saturated rings. The Morgan fingerprint density at radius 2 is 1.91 bits per heavy atom. The second-order valence-electron chi connectivity index (χ2n) is 7.47. The normalized spacial score (nSPS) is 31.3. The summed E-state index contributed by atoms with van der Waals surface area (Å²) < 4.78 is 0. The standard InChI is InChI=1S/C18H33N3O/c1-2-3-9-21-13-12-19(15-18(21)22)14-16-7-6-11-20-10-5-4-8-17(16)20/h16-17H,2-15H2,1H3/t16-,17+/m0/s1. The van der Waals surface area contributed by atoms with Crippen molar-refractivity contribution in [1.82, 2.24) is 14.7 Å². The molecule has 3 heterocycles. The number of unbranched alkanes of at least 4 members (excludes halogenated alkanes) is 1. The van der Waals surface area contributed by atoms with Gasteiger partial charge in [-0.15, -0.1) is 0 Å². The fourth-order valence-corrected chi connectivity index (χ4v) is 4.62. The monoisotopic (exact) mass is 307 g/mol. The lowest BCUT2D eigenvalue weighted by Crippen LogP contribution is -2.55. The number of rotatable bonds is 5. The first-order valence-electron chi connectivity index (χ1n) is 9.52. The number of amides is 1. The summed E-state index contributed by atoms with van der Waals surface area (Å²) in [4.78, 5) is 19.6. The van der Waals surface area contributed by atoms with Crippen LogP contribution in [0.25, 0.3) is 0 Å². The average molecular weight is 307 g/mol. The van der Waals surface area contributed by atoms with Gasteiger partial charge in [0.25, 0.3) is 0 Å². The van der Waals surface area contributed by atoms with E-state index in [-0.39, 0.29) is 0 Å². The minimum atomic E-state index is 0.357. The highest BCUT2D eigenvalue weighted by Gasteiger charge is 2.35. The zero-order valence-electron chi connectivity index (χ0n) is 14.3. The maximum Gasteiger partial charge on any atom is 0.236 e. The predicted molar refractivity (Wildman–Crippen MR) is 89.9 cm³/mol. The van der Waals surface area contributed by atoms with Crippen molar-refractivity contribution in [2.24, 2.45) is 5.92 Å². The molecule has 2 atom stereocenters. The zero-order valence-corrected chi connectivity index (χ0v) is 14.3. The predicted octanol–water partition coefficient (Wildman–Crippen LogP) is 2.20. The van der Waals surface area contributed by atoms with E-state index in [0.29, 0.717) is 12.5 Å². The van der Waals surface area contributed by atoms with Gasteiger partial charge in [-0.05, 0) is 51.1 Å². The van der Waals surface area contributed by atoms with Crippen molar-refractivity contribution in [2.45, 2.75) is 57.9 Å². The molecule has 0 N–H and O–H groups in total. The third-order valence-corrected chi connectivity index (χ3v) is 5.90. The molecule has 1 amide bonds. The minimum absolute atomic E-state index is 0.357. The molecule has 0 aromatic rings. The third kappa shape index (κ3) is 3.83. The van der Waals surface area contributed by atoms with Crippen LogP contribution in [0.4, 0.5) is 0 Å². The molecule has 0 unspecified atom stereocenters. The summed E-state index contributed by atoms with van der Waals surface area (Å²) in [7, 11) is 0. The molecule has 22 heavy (non-hydrogen) atoms. The van der Waals surface area contributed by atoms with Crippen LogP contribution in [0.15, 0.2) is 0 Å². The van der Waals surface area contributed by atoms with Crippen LogP contribution in [0.5, 0.6) is 0 Å². The molecule has 0 bridgehead atoms. The topological polar surface area (TPSA) is 26.8 Å². The van der Waals surface area contributed by atoms with E-state index in [2.05, 4.69) is 21.6 Å². The molecule has 3 aliphatic heterocycles. The Morgan fingerprint density at radius 3 is 2.73 bits per heavy atom. The van der Waals surface area contributed by atoms with Crippen molar-refractivity contribution >= 4 is 5.91 Å². The molecule has 0 aromatic heterocycles. The van der Waals surface area contributed by atoms with Crippen molar-refractivity contribution in [3.05, 3.63) is 0 Å². The Morgan fingerprint density at radius 1 is 1.05 bits per heavy atom. The van der Waals surface area contributed by atoms with Crippen LogP contribution in [0.1, 0.15) is 51.9 Å². The molecule has 0 radical (unpaired) electrons. The second kappa shape index (κ2) is 7.78. The Labute approximate surface area is 135 Å². The van der Waals surface area contributed by atoms with Gasteiger partial charge in [-0.2, -0.15) is 0 Å². The van der Waals surface area contributed by atoms with Crippen LogP contribution < -0.4 is 0 Å². The highest BCUT2D eigenvalue weighted by molar-refractivity contribution is 5.79. The molecule has 0 saturated carbocycles. The van der Waals surface area contributed by atoms with Gasteiger partial charge in [0.1, 0.15) is 0 Å². The molecule has 3 rings (SSSR count). The highest BCUT2D eigenvalue weighted by atomic mass is 16.2. The Bertz CT molecular complexity index is 371. The summed E-state index contributed by atoms with van der Waals surface area (Å²) in [6, 6.07) is 0.802. The van der Waals surface area contributed by atoms with Crippen molar-refractivity contribution in [2.75, 3.05) is 45.8 Å². The number of carbonyl (C=O) groups excluding carboxylic acids is 1. The van der Waals surface area contributed by atoms with E-state index in [1.807, 2.05) is 0 Å². The van der Waals surface area contributed by atoms with Gasteiger partial charge >= 0.3 is 0 Å². The maximum absolute atomic E-state index is 12.3. The number of fused-ring (bicyclic) bond motifs is 1. The molecule has 0 spiro atoms. The van der Waals surface area contributed by atoms with E-state index in [4.69, 9.17) is 0 Å². The summed E-state index contributed by atoms with van der Waals surface area (Å²) in [5, 5.41) is 0. The molecule has 126 valence electrons. The van der Waals surface area contributed by atoms with Gasteiger partial charge in [0.05, 0.1) is 6.54 Å². The van der Waals surface area contributed by atoms with Gasteiger partial charge in [-0.1, -0.05) is 19.8 Å². The number of carbonyl (C=O) groups is 1. The van der Waals surface area contributed by atoms with Gasteiger partial charge in [0.2, 0.25) is 5.91 Å². The molecule has 0 aromatic carbocycles. The fraction of sp³-hybridized carbons (Fsp3) is 0.944.